The first kappa shape index (κ1) is 15.2. The van der Waals surface area contributed by atoms with E-state index >= 15 is 0 Å². The highest BCUT2D eigenvalue weighted by atomic mass is 35.5. The van der Waals surface area contributed by atoms with Crippen LogP contribution in [0.4, 0.5) is 0 Å². The Kier molecular flexibility index (Phi) is 6.06. The van der Waals surface area contributed by atoms with Crippen LogP contribution in [0.1, 0.15) is 21.5 Å². The van der Waals surface area contributed by atoms with Crippen molar-refractivity contribution in [3.63, 3.8) is 0 Å². The molecule has 0 fully saturated rings. The molecule has 0 aliphatic carbocycles. The molecule has 0 radical (unpaired) electrons. The SMILES string of the molecule is Cl.NCc1cccc(CNC(=O)c2ccccc2)c1. The molecule has 0 heterocycles. The van der Waals surface area contributed by atoms with Gasteiger partial charge < -0.3 is 11.1 Å². The van der Waals surface area contributed by atoms with Crippen LogP contribution in [0.15, 0.2) is 54.6 Å². The topological polar surface area (TPSA) is 55.1 Å². The van der Waals surface area contributed by atoms with E-state index in [0.717, 1.165) is 11.1 Å². The van der Waals surface area contributed by atoms with Crippen molar-refractivity contribution in [2.24, 2.45) is 5.73 Å². The van der Waals surface area contributed by atoms with E-state index in [9.17, 15) is 4.79 Å². The quantitative estimate of drug-likeness (QED) is 0.901. The van der Waals surface area contributed by atoms with Gasteiger partial charge in [0.05, 0.1) is 0 Å². The molecule has 2 aromatic carbocycles. The maximum atomic E-state index is 11.8. The third-order valence-electron chi connectivity index (χ3n) is 2.72. The van der Waals surface area contributed by atoms with E-state index < -0.39 is 0 Å². The van der Waals surface area contributed by atoms with Crippen LogP contribution in [0.3, 0.4) is 0 Å². The van der Waals surface area contributed by atoms with Gasteiger partial charge in [0, 0.05) is 18.7 Å². The minimum absolute atomic E-state index is 0. The molecule has 0 unspecified atom stereocenters. The summed E-state index contributed by atoms with van der Waals surface area (Å²) in [5, 5.41) is 2.89. The Morgan fingerprint density at radius 1 is 1.00 bits per heavy atom. The van der Waals surface area contributed by atoms with E-state index in [1.165, 1.54) is 0 Å². The van der Waals surface area contributed by atoms with Crippen molar-refractivity contribution in [2.75, 3.05) is 0 Å². The third kappa shape index (κ3) is 4.39. The van der Waals surface area contributed by atoms with Crippen molar-refractivity contribution in [3.8, 4) is 0 Å². The molecule has 2 rings (SSSR count). The average molecular weight is 277 g/mol. The van der Waals surface area contributed by atoms with E-state index in [-0.39, 0.29) is 18.3 Å². The van der Waals surface area contributed by atoms with Gasteiger partial charge in [-0.05, 0) is 23.3 Å². The predicted octanol–water partition coefficient (Wildman–Crippen LogP) is 2.50. The van der Waals surface area contributed by atoms with Gasteiger partial charge in [-0.3, -0.25) is 4.79 Å². The van der Waals surface area contributed by atoms with Crippen molar-refractivity contribution in [1.82, 2.24) is 5.32 Å². The lowest BCUT2D eigenvalue weighted by Crippen LogP contribution is -2.22. The first-order chi connectivity index (χ1) is 8.79. The first-order valence-corrected chi connectivity index (χ1v) is 5.91. The van der Waals surface area contributed by atoms with Gasteiger partial charge in [-0.2, -0.15) is 0 Å². The van der Waals surface area contributed by atoms with E-state index in [1.54, 1.807) is 12.1 Å². The number of carbonyl (C=O) groups excluding carboxylic acids is 1. The second-order valence-corrected chi connectivity index (χ2v) is 4.07. The fourth-order valence-electron chi connectivity index (χ4n) is 1.74. The summed E-state index contributed by atoms with van der Waals surface area (Å²) in [5.74, 6) is -0.0613. The molecule has 0 spiro atoms. The first-order valence-electron chi connectivity index (χ1n) is 5.91. The minimum atomic E-state index is -0.0613. The van der Waals surface area contributed by atoms with Crippen molar-refractivity contribution in [2.45, 2.75) is 13.1 Å². The minimum Gasteiger partial charge on any atom is -0.348 e. The van der Waals surface area contributed by atoms with E-state index in [2.05, 4.69) is 5.32 Å². The Morgan fingerprint density at radius 2 is 1.68 bits per heavy atom. The normalized spacial score (nSPS) is 9.53. The highest BCUT2D eigenvalue weighted by Gasteiger charge is 2.03. The Labute approximate surface area is 119 Å². The Balaban J connectivity index is 0.00000180. The van der Waals surface area contributed by atoms with Gasteiger partial charge in [-0.15, -0.1) is 12.4 Å². The molecule has 3 N–H and O–H groups in total. The molecular weight excluding hydrogens is 260 g/mol. The number of nitrogens with one attached hydrogen (secondary N) is 1. The monoisotopic (exact) mass is 276 g/mol. The number of benzene rings is 2. The highest BCUT2D eigenvalue weighted by Crippen LogP contribution is 2.05. The molecule has 0 aliphatic rings. The molecule has 0 atom stereocenters. The van der Waals surface area contributed by atoms with Gasteiger partial charge in [0.1, 0.15) is 0 Å². The maximum absolute atomic E-state index is 11.8. The third-order valence-corrected chi connectivity index (χ3v) is 2.72. The molecule has 4 heteroatoms. The van der Waals surface area contributed by atoms with E-state index in [0.29, 0.717) is 18.7 Å². The fourth-order valence-corrected chi connectivity index (χ4v) is 1.74. The number of nitrogens with two attached hydrogens (primary N) is 1. The lowest BCUT2D eigenvalue weighted by atomic mass is 10.1. The zero-order valence-corrected chi connectivity index (χ0v) is 11.3. The molecule has 1 amide bonds. The number of hydrogen-bond acceptors (Lipinski definition) is 2. The lowest BCUT2D eigenvalue weighted by molar-refractivity contribution is 0.0951. The number of carbonyl (C=O) groups is 1. The highest BCUT2D eigenvalue weighted by molar-refractivity contribution is 5.94. The second kappa shape index (κ2) is 7.56. The molecule has 0 saturated heterocycles. The summed E-state index contributed by atoms with van der Waals surface area (Å²) in [6.07, 6.45) is 0. The van der Waals surface area contributed by atoms with Crippen LogP contribution in [-0.4, -0.2) is 5.91 Å². The predicted molar refractivity (Wildman–Crippen MR) is 79.2 cm³/mol. The standard InChI is InChI=1S/C15H16N2O.ClH/c16-10-12-5-4-6-13(9-12)11-17-15(18)14-7-2-1-3-8-14;/h1-9H,10-11,16H2,(H,17,18);1H. The smallest absolute Gasteiger partial charge is 0.251 e. The molecule has 0 saturated carbocycles. The summed E-state index contributed by atoms with van der Waals surface area (Å²) >= 11 is 0. The van der Waals surface area contributed by atoms with Gasteiger partial charge in [0.2, 0.25) is 0 Å². The van der Waals surface area contributed by atoms with Crippen LogP contribution in [0.25, 0.3) is 0 Å². The summed E-state index contributed by atoms with van der Waals surface area (Å²) in [6.45, 7) is 1.03. The summed E-state index contributed by atoms with van der Waals surface area (Å²) in [6, 6.07) is 17.1. The largest absolute Gasteiger partial charge is 0.348 e. The van der Waals surface area contributed by atoms with Crippen molar-refractivity contribution in [3.05, 3.63) is 71.3 Å². The molecule has 2 aromatic rings. The molecule has 3 nitrogen and oxygen atoms in total. The Bertz CT molecular complexity index is 529. The number of amides is 1. The number of hydrogen-bond donors (Lipinski definition) is 2. The van der Waals surface area contributed by atoms with E-state index in [4.69, 9.17) is 5.73 Å². The van der Waals surface area contributed by atoms with Crippen molar-refractivity contribution < 1.29 is 4.79 Å². The van der Waals surface area contributed by atoms with Crippen molar-refractivity contribution in [1.29, 1.82) is 0 Å². The Morgan fingerprint density at radius 3 is 2.37 bits per heavy atom. The van der Waals surface area contributed by atoms with Crippen LogP contribution < -0.4 is 11.1 Å². The molecule has 0 aliphatic heterocycles. The summed E-state index contributed by atoms with van der Waals surface area (Å²) in [5.41, 5.74) is 8.38. The lowest BCUT2D eigenvalue weighted by Gasteiger charge is -2.06. The number of halogens is 1. The van der Waals surface area contributed by atoms with Gasteiger partial charge >= 0.3 is 0 Å². The van der Waals surface area contributed by atoms with Gasteiger partial charge in [0.15, 0.2) is 0 Å². The van der Waals surface area contributed by atoms with Crippen LogP contribution >= 0.6 is 12.4 Å². The van der Waals surface area contributed by atoms with Crippen LogP contribution in [0.2, 0.25) is 0 Å². The van der Waals surface area contributed by atoms with Crippen molar-refractivity contribution >= 4 is 18.3 Å². The van der Waals surface area contributed by atoms with Gasteiger partial charge in [0.25, 0.3) is 5.91 Å². The molecule has 0 bridgehead atoms. The maximum Gasteiger partial charge on any atom is 0.251 e. The number of rotatable bonds is 4. The van der Waals surface area contributed by atoms with Crippen LogP contribution in [0.5, 0.6) is 0 Å². The molecule has 100 valence electrons. The zero-order valence-electron chi connectivity index (χ0n) is 10.5. The van der Waals surface area contributed by atoms with Crippen LogP contribution in [-0.2, 0) is 13.1 Å². The summed E-state index contributed by atoms with van der Waals surface area (Å²) in [7, 11) is 0. The second-order valence-electron chi connectivity index (χ2n) is 4.07. The molecule has 0 aromatic heterocycles. The Hall–Kier alpha value is -1.84. The van der Waals surface area contributed by atoms with Gasteiger partial charge in [-0.25, -0.2) is 0 Å². The van der Waals surface area contributed by atoms with Crippen LogP contribution in [0, 0.1) is 0 Å². The summed E-state index contributed by atoms with van der Waals surface area (Å²) < 4.78 is 0. The van der Waals surface area contributed by atoms with E-state index in [1.807, 2.05) is 42.5 Å². The average Bonchev–Trinajstić information content (AvgIpc) is 2.46. The fraction of sp³-hybridized carbons (Fsp3) is 0.133. The summed E-state index contributed by atoms with van der Waals surface area (Å²) in [4.78, 5) is 11.8. The zero-order chi connectivity index (χ0) is 12.8. The molecule has 19 heavy (non-hydrogen) atoms. The van der Waals surface area contributed by atoms with Gasteiger partial charge in [-0.1, -0.05) is 42.5 Å². The molecular formula is C15H17ClN2O.